The summed E-state index contributed by atoms with van der Waals surface area (Å²) in [4.78, 5) is 20.4. The molecule has 0 fully saturated rings. The van der Waals surface area contributed by atoms with Crippen LogP contribution in [0.15, 0.2) is 352 Å². The number of hydrogen-bond donors (Lipinski definition) is 0. The van der Waals surface area contributed by atoms with Gasteiger partial charge in [0.2, 0.25) is 0 Å². The molecule has 0 aliphatic carbocycles. The number of aromatic nitrogens is 2. The number of rotatable bonds is 16. The van der Waals surface area contributed by atoms with Gasteiger partial charge in [0.1, 0.15) is 0 Å². The summed E-state index contributed by atoms with van der Waals surface area (Å²) in [6.07, 6.45) is 0. The molecule has 0 saturated carbocycles. The lowest BCUT2D eigenvalue weighted by Crippen LogP contribution is -2.12. The smallest absolute Gasteiger partial charge is 0.0973 e. The highest BCUT2D eigenvalue weighted by Crippen LogP contribution is 2.44. The standard InChI is InChI=1S/C80H58N6/c1-8-23-59(24-9-1)60-39-41-61(42-40-60)76-37-22-38-77-80(76)82-79(63-45-49-71(50-46-63)86(69-35-20-7-21-36-69)75-57-53-73(54-58-75)84(66-29-14-4-15-30-66)67-31-16-5-17-32-67)78(81-77)62-43-47-70(48-44-62)85(68-33-18-6-19-34-68)74-55-51-72(52-56-74)83(64-25-10-2-11-26-64)65-27-12-3-13-28-65/h1-58H. The highest BCUT2D eigenvalue weighted by Gasteiger charge is 2.22. The summed E-state index contributed by atoms with van der Waals surface area (Å²) in [5.41, 5.74) is 22.3. The van der Waals surface area contributed by atoms with E-state index in [0.29, 0.717) is 0 Å². The minimum Gasteiger partial charge on any atom is -0.311 e. The fraction of sp³-hybridized carbons (Fsp3) is 0. The van der Waals surface area contributed by atoms with E-state index >= 15 is 0 Å². The quantitative estimate of drug-likeness (QED) is 0.0960. The predicted molar refractivity (Wildman–Crippen MR) is 360 cm³/mol. The fourth-order valence-corrected chi connectivity index (χ4v) is 11.5. The van der Waals surface area contributed by atoms with Crippen molar-refractivity contribution in [2.45, 2.75) is 0 Å². The molecule has 408 valence electrons. The summed E-state index contributed by atoms with van der Waals surface area (Å²) in [5, 5.41) is 0. The summed E-state index contributed by atoms with van der Waals surface area (Å²) in [6, 6.07) is 124. The third-order valence-corrected chi connectivity index (χ3v) is 15.6. The molecule has 0 spiro atoms. The first kappa shape index (κ1) is 52.5. The molecule has 0 N–H and O–H groups in total. The van der Waals surface area contributed by atoms with E-state index in [-0.39, 0.29) is 0 Å². The minimum atomic E-state index is 0.791. The Kier molecular flexibility index (Phi) is 14.7. The Labute approximate surface area is 502 Å². The monoisotopic (exact) mass is 1100 g/mol. The van der Waals surface area contributed by atoms with Crippen LogP contribution in [-0.2, 0) is 0 Å². The lowest BCUT2D eigenvalue weighted by Gasteiger charge is -2.28. The number of benzene rings is 13. The Bertz CT molecular complexity index is 4420. The second kappa shape index (κ2) is 24.1. The molecule has 0 atom stereocenters. The molecule has 0 amide bonds. The molecule has 0 aliphatic heterocycles. The molecule has 0 radical (unpaired) electrons. The zero-order valence-corrected chi connectivity index (χ0v) is 47.2. The topological polar surface area (TPSA) is 38.7 Å². The summed E-state index contributed by atoms with van der Waals surface area (Å²) in [5.74, 6) is 0. The zero-order valence-electron chi connectivity index (χ0n) is 47.2. The van der Waals surface area contributed by atoms with E-state index in [2.05, 4.69) is 371 Å². The van der Waals surface area contributed by atoms with Gasteiger partial charge in [-0.3, -0.25) is 0 Å². The number of nitrogens with zero attached hydrogens (tertiary/aromatic N) is 6. The van der Waals surface area contributed by atoms with Crippen LogP contribution in [0.2, 0.25) is 0 Å². The lowest BCUT2D eigenvalue weighted by atomic mass is 9.98. The van der Waals surface area contributed by atoms with E-state index in [9.17, 15) is 0 Å². The third kappa shape index (κ3) is 10.9. The van der Waals surface area contributed by atoms with Crippen LogP contribution in [0.25, 0.3) is 55.8 Å². The summed E-state index contributed by atoms with van der Waals surface area (Å²) < 4.78 is 0. The first-order valence-corrected chi connectivity index (χ1v) is 29.1. The Morgan fingerprint density at radius 3 is 0.709 bits per heavy atom. The van der Waals surface area contributed by atoms with Crippen LogP contribution in [0.3, 0.4) is 0 Å². The summed E-state index contributed by atoms with van der Waals surface area (Å²) in [7, 11) is 0. The van der Waals surface area contributed by atoms with Gasteiger partial charge in [0, 0.05) is 84.9 Å². The van der Waals surface area contributed by atoms with E-state index in [1.165, 1.54) is 5.56 Å². The normalized spacial score (nSPS) is 11.0. The van der Waals surface area contributed by atoms with Crippen LogP contribution in [0.4, 0.5) is 68.2 Å². The van der Waals surface area contributed by atoms with Gasteiger partial charge in [0.15, 0.2) is 0 Å². The molecule has 0 aliphatic rings. The van der Waals surface area contributed by atoms with Crippen LogP contribution in [0.5, 0.6) is 0 Å². The zero-order chi connectivity index (χ0) is 57.4. The van der Waals surface area contributed by atoms with Gasteiger partial charge in [0.05, 0.1) is 22.4 Å². The largest absolute Gasteiger partial charge is 0.311 e. The first-order valence-electron chi connectivity index (χ1n) is 29.1. The maximum atomic E-state index is 5.67. The maximum Gasteiger partial charge on any atom is 0.0973 e. The Morgan fingerprint density at radius 1 is 0.163 bits per heavy atom. The van der Waals surface area contributed by atoms with Gasteiger partial charge < -0.3 is 19.6 Å². The summed E-state index contributed by atoms with van der Waals surface area (Å²) in [6.45, 7) is 0. The molecule has 86 heavy (non-hydrogen) atoms. The molecule has 6 nitrogen and oxygen atoms in total. The van der Waals surface area contributed by atoms with Gasteiger partial charge in [-0.25, -0.2) is 9.97 Å². The van der Waals surface area contributed by atoms with Crippen molar-refractivity contribution in [2.24, 2.45) is 0 Å². The van der Waals surface area contributed by atoms with Crippen LogP contribution in [-0.4, -0.2) is 9.97 Å². The van der Waals surface area contributed by atoms with Crippen molar-refractivity contribution in [2.75, 3.05) is 19.6 Å². The van der Waals surface area contributed by atoms with Gasteiger partial charge in [-0.1, -0.05) is 200 Å². The molecule has 6 heteroatoms. The van der Waals surface area contributed by atoms with E-state index < -0.39 is 0 Å². The first-order chi connectivity index (χ1) is 42.7. The van der Waals surface area contributed by atoms with Crippen molar-refractivity contribution >= 4 is 79.3 Å². The van der Waals surface area contributed by atoms with Gasteiger partial charge in [-0.05, 0) is 168 Å². The average Bonchev–Trinajstić information content (AvgIpc) is 1.37. The molecular weight excluding hydrogens is 1040 g/mol. The van der Waals surface area contributed by atoms with E-state index in [1.807, 2.05) is 0 Å². The van der Waals surface area contributed by atoms with E-state index in [0.717, 1.165) is 118 Å². The minimum absolute atomic E-state index is 0.791. The van der Waals surface area contributed by atoms with Crippen molar-refractivity contribution in [1.82, 2.24) is 9.97 Å². The molecule has 0 unspecified atom stereocenters. The van der Waals surface area contributed by atoms with Gasteiger partial charge in [0.25, 0.3) is 0 Å². The van der Waals surface area contributed by atoms with Crippen molar-refractivity contribution < 1.29 is 0 Å². The predicted octanol–water partition coefficient (Wildman–Crippen LogP) is 22.2. The highest BCUT2D eigenvalue weighted by molar-refractivity contribution is 5.96. The Hall–Kier alpha value is -11.6. The van der Waals surface area contributed by atoms with Crippen LogP contribution < -0.4 is 19.6 Å². The number of fused-ring (bicyclic) bond motifs is 1. The van der Waals surface area contributed by atoms with Crippen molar-refractivity contribution in [3.63, 3.8) is 0 Å². The Morgan fingerprint density at radius 2 is 0.395 bits per heavy atom. The molecule has 0 bridgehead atoms. The fourth-order valence-electron chi connectivity index (χ4n) is 11.5. The lowest BCUT2D eigenvalue weighted by molar-refractivity contribution is 1.25. The van der Waals surface area contributed by atoms with Gasteiger partial charge in [-0.15, -0.1) is 0 Å². The van der Waals surface area contributed by atoms with Crippen molar-refractivity contribution in [1.29, 1.82) is 0 Å². The van der Waals surface area contributed by atoms with Crippen molar-refractivity contribution in [3.8, 4) is 44.8 Å². The van der Waals surface area contributed by atoms with Crippen molar-refractivity contribution in [3.05, 3.63) is 352 Å². The molecule has 1 heterocycles. The number of para-hydroxylation sites is 7. The van der Waals surface area contributed by atoms with Gasteiger partial charge >= 0.3 is 0 Å². The van der Waals surface area contributed by atoms with Gasteiger partial charge in [-0.2, -0.15) is 0 Å². The molecule has 14 rings (SSSR count). The number of hydrogen-bond acceptors (Lipinski definition) is 6. The average molecular weight is 1100 g/mol. The second-order valence-corrected chi connectivity index (χ2v) is 21.0. The third-order valence-electron chi connectivity index (χ3n) is 15.6. The van der Waals surface area contributed by atoms with E-state index in [4.69, 9.17) is 9.97 Å². The SMILES string of the molecule is c1ccc(-c2ccc(-c3cccc4nc(-c5ccc(N(c6ccccc6)c6ccc(N(c7ccccc7)c7ccccc7)cc6)cc5)c(-c5ccc(N(c6ccccc6)c6ccc(N(c7ccccc7)c7ccccc7)cc6)cc5)nc34)cc2)cc1. The number of anilines is 12. The molecular formula is C80H58N6. The molecule has 13 aromatic carbocycles. The molecule has 0 saturated heterocycles. The van der Waals surface area contributed by atoms with Crippen LogP contribution in [0.1, 0.15) is 0 Å². The van der Waals surface area contributed by atoms with Crippen LogP contribution >= 0.6 is 0 Å². The molecule has 14 aromatic rings. The molecule has 1 aromatic heterocycles. The Balaban J connectivity index is 0.851. The maximum absolute atomic E-state index is 5.67. The highest BCUT2D eigenvalue weighted by atomic mass is 15.2. The van der Waals surface area contributed by atoms with E-state index in [1.54, 1.807) is 0 Å². The van der Waals surface area contributed by atoms with Crippen LogP contribution in [0, 0.1) is 0 Å². The summed E-state index contributed by atoms with van der Waals surface area (Å²) >= 11 is 0. The second-order valence-electron chi connectivity index (χ2n) is 21.0.